The summed E-state index contributed by atoms with van der Waals surface area (Å²) in [6.07, 6.45) is 13.5. The molecule has 0 bridgehead atoms. The van der Waals surface area contributed by atoms with E-state index in [0.29, 0.717) is 75.2 Å². The van der Waals surface area contributed by atoms with Gasteiger partial charge in [0.25, 0.3) is 0 Å². The summed E-state index contributed by atoms with van der Waals surface area (Å²) in [7, 11) is 0. The molecule has 0 radical (unpaired) electrons. The van der Waals surface area contributed by atoms with Crippen LogP contribution in [0.3, 0.4) is 0 Å². The Morgan fingerprint density at radius 3 is 1.39 bits per heavy atom. The first-order valence-corrected chi connectivity index (χ1v) is 22.2. The van der Waals surface area contributed by atoms with E-state index in [1.54, 1.807) is 82.2 Å². The largest absolute Gasteiger partial charge is 0.507 e. The van der Waals surface area contributed by atoms with Gasteiger partial charge in [-0.3, -0.25) is 19.4 Å². The molecule has 0 atom stereocenters. The second-order valence-electron chi connectivity index (χ2n) is 15.8. The maximum absolute atomic E-state index is 13.5. The van der Waals surface area contributed by atoms with Gasteiger partial charge in [-0.1, -0.05) is 50.7 Å². The molecule has 2 aromatic carbocycles. The maximum atomic E-state index is 13.5. The third-order valence-electron chi connectivity index (χ3n) is 12.0. The molecular weight excluding hydrogens is 785 g/mol. The molecule has 2 saturated carbocycles. The Bertz CT molecular complexity index is 2370. The molecule has 14 heteroatoms. The van der Waals surface area contributed by atoms with Crippen LogP contribution in [-0.2, 0) is 16.0 Å². The molecule has 12 nitrogen and oxygen atoms in total. The number of amides is 2. The van der Waals surface area contributed by atoms with E-state index in [2.05, 4.69) is 0 Å². The molecule has 2 N–H and O–H groups in total. The summed E-state index contributed by atoms with van der Waals surface area (Å²) in [6.45, 7) is 0. The maximum Gasteiger partial charge on any atom is 0.240 e. The van der Waals surface area contributed by atoms with Gasteiger partial charge in [0.1, 0.15) is 22.9 Å². The molecule has 0 unspecified atom stereocenters. The van der Waals surface area contributed by atoms with E-state index in [4.69, 9.17) is 28.8 Å². The average molecular weight is 827 g/mol. The molecule has 2 amide bonds. The number of thioether (sulfide) groups is 2. The highest BCUT2D eigenvalue weighted by atomic mass is 32.2. The van der Waals surface area contributed by atoms with Gasteiger partial charge in [-0.25, -0.2) is 19.9 Å². The summed E-state index contributed by atoms with van der Waals surface area (Å²) < 4.78 is 11.5. The van der Waals surface area contributed by atoms with Gasteiger partial charge in [0.2, 0.25) is 23.7 Å². The van der Waals surface area contributed by atoms with Crippen molar-refractivity contribution in [3.8, 4) is 56.9 Å². The van der Waals surface area contributed by atoms with E-state index < -0.39 is 9.74 Å². The van der Waals surface area contributed by atoms with E-state index >= 15 is 0 Å². The summed E-state index contributed by atoms with van der Waals surface area (Å²) >= 11 is 3.35. The molecule has 4 aromatic heterocycles. The number of furan rings is 2. The molecule has 4 fully saturated rings. The van der Waals surface area contributed by atoms with Crippen molar-refractivity contribution in [1.29, 1.82) is 0 Å². The third kappa shape index (κ3) is 6.95. The average Bonchev–Trinajstić information content (AvgIpc) is 4.09. The molecular formula is C45H42N6O6S2. The second-order valence-corrected chi connectivity index (χ2v) is 18.4. The van der Waals surface area contributed by atoms with Gasteiger partial charge in [-0.15, -0.1) is 23.5 Å². The predicted octanol–water partition coefficient (Wildman–Crippen LogP) is 9.60. The Morgan fingerprint density at radius 2 is 0.983 bits per heavy atom. The zero-order valence-electron chi connectivity index (χ0n) is 32.3. The van der Waals surface area contributed by atoms with Crippen molar-refractivity contribution in [2.75, 3.05) is 21.3 Å². The number of phenols is 2. The van der Waals surface area contributed by atoms with E-state index in [-0.39, 0.29) is 23.3 Å². The Labute approximate surface area is 349 Å². The molecule has 300 valence electrons. The van der Waals surface area contributed by atoms with Crippen molar-refractivity contribution < 1.29 is 28.6 Å². The fraction of sp³-hybridized carbons (Fsp3) is 0.333. The zero-order chi connectivity index (χ0) is 40.1. The highest BCUT2D eigenvalue weighted by molar-refractivity contribution is 8.02. The standard InChI is InChI=1S/C45H42N6O6S2/c52-36-13-11-28(22-30(36)32-24-34(38-9-7-19-56-38)48-42(46-32)50-40(54)26-58-44(50)15-3-1-4-16-44)21-29-12-14-37(53)31(23-29)33-25-35(39-10-8-20-57-39)49-43(47-33)51-41(55)27-59-45(51)17-5-2-6-18-45/h7-14,19-20,22-25,52-53H,1-6,15-18,21,26-27H2. The number of nitrogens with zero attached hydrogens (tertiary/aromatic N) is 6. The molecule has 2 spiro atoms. The SMILES string of the molecule is O=C1CSC2(CCCCC2)N1c1nc(-c2ccco2)cc(-c2cc(Cc3ccc(O)c(-c4cc(-c5ccco5)nc(N5C(=O)CSC56CCCCC6)n4)c3)ccc2O)n1. The fourth-order valence-electron chi connectivity index (χ4n) is 9.12. The van der Waals surface area contributed by atoms with E-state index in [0.717, 1.165) is 75.3 Å². The number of hydrogen-bond donors (Lipinski definition) is 2. The number of hydrogen-bond acceptors (Lipinski definition) is 12. The monoisotopic (exact) mass is 826 g/mol. The van der Waals surface area contributed by atoms with Crippen LogP contribution >= 0.6 is 23.5 Å². The number of phenolic OH excluding ortho intramolecular Hbond substituents is 2. The molecule has 6 heterocycles. The van der Waals surface area contributed by atoms with Crippen LogP contribution < -0.4 is 9.80 Å². The Kier molecular flexibility index (Phi) is 9.71. The van der Waals surface area contributed by atoms with Crippen LogP contribution in [0.2, 0.25) is 0 Å². The lowest BCUT2D eigenvalue weighted by molar-refractivity contribution is -0.117. The Balaban J connectivity index is 1.01. The minimum absolute atomic E-state index is 0.0212. The molecule has 2 saturated heterocycles. The summed E-state index contributed by atoms with van der Waals surface area (Å²) in [6, 6.07) is 21.6. The van der Waals surface area contributed by atoms with Crippen LogP contribution in [0.4, 0.5) is 11.9 Å². The van der Waals surface area contributed by atoms with E-state index in [1.165, 1.54) is 0 Å². The van der Waals surface area contributed by atoms with Crippen molar-refractivity contribution in [2.45, 2.75) is 80.4 Å². The van der Waals surface area contributed by atoms with Crippen molar-refractivity contribution in [1.82, 2.24) is 19.9 Å². The van der Waals surface area contributed by atoms with Gasteiger partial charge >= 0.3 is 0 Å². The first kappa shape index (κ1) is 37.7. The Morgan fingerprint density at radius 1 is 0.559 bits per heavy atom. The Hall–Kier alpha value is -5.60. The van der Waals surface area contributed by atoms with Gasteiger partial charge in [0.15, 0.2) is 11.5 Å². The minimum atomic E-state index is -0.391. The van der Waals surface area contributed by atoms with Gasteiger partial charge in [-0.05, 0) is 104 Å². The first-order valence-electron chi connectivity index (χ1n) is 20.2. The normalized spacial score (nSPS) is 18.7. The smallest absolute Gasteiger partial charge is 0.240 e. The summed E-state index contributed by atoms with van der Waals surface area (Å²) in [5, 5.41) is 22.7. The quantitative estimate of drug-likeness (QED) is 0.150. The van der Waals surface area contributed by atoms with Crippen molar-refractivity contribution in [3.05, 3.63) is 96.4 Å². The topological polar surface area (TPSA) is 159 Å². The van der Waals surface area contributed by atoms with Crippen LogP contribution in [0.15, 0.2) is 94.2 Å². The molecule has 4 aliphatic rings. The number of rotatable bonds is 8. The number of aromatic nitrogens is 4. The number of carbonyl (C=O) groups excluding carboxylic acids is 2. The lowest BCUT2D eigenvalue weighted by Crippen LogP contribution is -2.46. The molecule has 2 aliphatic heterocycles. The van der Waals surface area contributed by atoms with Crippen LogP contribution in [0.5, 0.6) is 11.5 Å². The van der Waals surface area contributed by atoms with Gasteiger partial charge in [0, 0.05) is 11.1 Å². The molecule has 10 rings (SSSR count). The molecule has 59 heavy (non-hydrogen) atoms. The van der Waals surface area contributed by atoms with Gasteiger partial charge in [0.05, 0.1) is 45.2 Å². The van der Waals surface area contributed by atoms with Crippen LogP contribution in [0.1, 0.15) is 75.3 Å². The predicted molar refractivity (Wildman–Crippen MR) is 228 cm³/mol. The number of benzene rings is 2. The number of aromatic hydroxyl groups is 2. The summed E-state index contributed by atoms with van der Waals surface area (Å²) in [4.78, 5) is 49.5. The highest BCUT2D eigenvalue weighted by Gasteiger charge is 2.50. The highest BCUT2D eigenvalue weighted by Crippen LogP contribution is 2.50. The van der Waals surface area contributed by atoms with Crippen LogP contribution in [0, 0.1) is 0 Å². The van der Waals surface area contributed by atoms with E-state index in [1.807, 2.05) is 36.4 Å². The summed E-state index contributed by atoms with van der Waals surface area (Å²) in [5.41, 5.74) is 4.69. The fourth-order valence-corrected chi connectivity index (χ4v) is 11.9. The van der Waals surface area contributed by atoms with Crippen molar-refractivity contribution in [2.24, 2.45) is 0 Å². The molecule has 6 aromatic rings. The second kappa shape index (κ2) is 15.2. The van der Waals surface area contributed by atoms with Crippen molar-refractivity contribution in [3.63, 3.8) is 0 Å². The van der Waals surface area contributed by atoms with Crippen LogP contribution in [0.25, 0.3) is 45.4 Å². The third-order valence-corrected chi connectivity index (χ3v) is 15.0. The van der Waals surface area contributed by atoms with Gasteiger partial charge in [-0.2, -0.15) is 0 Å². The van der Waals surface area contributed by atoms with Gasteiger partial charge < -0.3 is 19.0 Å². The zero-order valence-corrected chi connectivity index (χ0v) is 33.9. The van der Waals surface area contributed by atoms with E-state index in [9.17, 15) is 19.8 Å². The number of carbonyl (C=O) groups is 2. The summed E-state index contributed by atoms with van der Waals surface area (Å²) in [5.74, 6) is 2.45. The van der Waals surface area contributed by atoms with Crippen molar-refractivity contribution >= 4 is 47.2 Å². The molecule has 2 aliphatic carbocycles. The number of anilines is 2. The lowest BCUT2D eigenvalue weighted by atomic mass is 9.93. The lowest BCUT2D eigenvalue weighted by Gasteiger charge is -2.39. The minimum Gasteiger partial charge on any atom is -0.507 e. The first-order chi connectivity index (χ1) is 28.8. The van der Waals surface area contributed by atoms with Crippen LogP contribution in [-0.4, -0.2) is 63.2 Å².